The number of ether oxygens (including phenoxy) is 2. The zero-order chi connectivity index (χ0) is 29.8. The maximum absolute atomic E-state index is 13.5. The summed E-state index contributed by atoms with van der Waals surface area (Å²) in [5, 5.41) is 0.763. The van der Waals surface area contributed by atoms with E-state index in [0.29, 0.717) is 35.3 Å². The molecule has 2 aromatic carbocycles. The molecule has 0 fully saturated rings. The van der Waals surface area contributed by atoms with Crippen LogP contribution in [0, 0.1) is 6.92 Å². The first kappa shape index (κ1) is 30.4. The highest BCUT2D eigenvalue weighted by atomic mass is 35.5. The van der Waals surface area contributed by atoms with Gasteiger partial charge in [0.15, 0.2) is 5.69 Å². The van der Waals surface area contributed by atoms with E-state index < -0.39 is 5.97 Å². The van der Waals surface area contributed by atoms with Crippen LogP contribution in [0.3, 0.4) is 0 Å². The summed E-state index contributed by atoms with van der Waals surface area (Å²) >= 11 is 12.8. The van der Waals surface area contributed by atoms with E-state index in [0.717, 1.165) is 22.3 Å². The first-order chi connectivity index (χ1) is 19.6. The van der Waals surface area contributed by atoms with Crippen molar-refractivity contribution in [1.82, 2.24) is 14.1 Å². The van der Waals surface area contributed by atoms with Crippen LogP contribution >= 0.6 is 23.2 Å². The molecular formula is C32H35Cl2N3O4. The summed E-state index contributed by atoms with van der Waals surface area (Å²) in [6.07, 6.45) is 2.27. The molecule has 0 aliphatic carbocycles. The van der Waals surface area contributed by atoms with Crippen LogP contribution in [-0.2, 0) is 17.7 Å². The molecule has 0 saturated heterocycles. The molecular weight excluding hydrogens is 561 g/mol. The molecule has 4 rings (SSSR count). The first-order valence-electron chi connectivity index (χ1n) is 13.7. The number of rotatable bonds is 10. The van der Waals surface area contributed by atoms with E-state index in [4.69, 9.17) is 37.7 Å². The summed E-state index contributed by atoms with van der Waals surface area (Å²) in [6, 6.07) is 15.0. The van der Waals surface area contributed by atoms with Gasteiger partial charge in [-0.25, -0.2) is 9.78 Å². The third-order valence-electron chi connectivity index (χ3n) is 7.10. The number of esters is 1. The van der Waals surface area contributed by atoms with Crippen molar-refractivity contribution < 1.29 is 14.3 Å². The van der Waals surface area contributed by atoms with Gasteiger partial charge in [-0.3, -0.25) is 4.79 Å². The highest BCUT2D eigenvalue weighted by Gasteiger charge is 2.33. The lowest BCUT2D eigenvalue weighted by atomic mass is 9.85. The maximum Gasteiger partial charge on any atom is 0.358 e. The van der Waals surface area contributed by atoms with Crippen LogP contribution in [0.25, 0.3) is 11.4 Å². The van der Waals surface area contributed by atoms with Crippen LogP contribution in [0.1, 0.15) is 72.5 Å². The fraction of sp³-hybridized carbons (Fsp3) is 0.344. The molecule has 0 bridgehead atoms. The smallest absolute Gasteiger partial charge is 0.358 e. The van der Waals surface area contributed by atoms with Crippen molar-refractivity contribution in [3.8, 4) is 17.1 Å². The predicted molar refractivity (Wildman–Crippen MR) is 164 cm³/mol. The van der Waals surface area contributed by atoms with Crippen molar-refractivity contribution in [3.05, 3.63) is 103 Å². The van der Waals surface area contributed by atoms with E-state index >= 15 is 0 Å². The summed E-state index contributed by atoms with van der Waals surface area (Å²) < 4.78 is 14.9. The quantitative estimate of drug-likeness (QED) is 0.177. The molecule has 0 aliphatic heterocycles. The van der Waals surface area contributed by atoms with E-state index in [1.54, 1.807) is 24.7 Å². The molecule has 2 heterocycles. The molecule has 0 spiro atoms. The molecule has 4 aromatic rings. The lowest BCUT2D eigenvalue weighted by Crippen LogP contribution is -2.22. The van der Waals surface area contributed by atoms with Crippen LogP contribution in [0.2, 0.25) is 10.0 Å². The molecule has 2 aromatic heterocycles. The van der Waals surface area contributed by atoms with Gasteiger partial charge >= 0.3 is 5.97 Å². The van der Waals surface area contributed by atoms with Crippen molar-refractivity contribution in [2.24, 2.45) is 0 Å². The van der Waals surface area contributed by atoms with Gasteiger partial charge in [0, 0.05) is 29.7 Å². The molecule has 0 radical (unpaired) electrons. The minimum atomic E-state index is -0.508. The number of pyridine rings is 1. The molecule has 0 saturated carbocycles. The standard InChI is InChI=1S/C32H35Cl2N3O4/c1-7-36-18-21(17-26(34)31(36)38)16-25(23-14-13-22(33)15-20(23)5)29-28(32(39)41-8-2)35-30(37(29)19(3)4)24-11-9-10-12-27(24)40-6/h9-15,17-19,25H,7-8,16H2,1-6H3. The topological polar surface area (TPSA) is 75.3 Å². The first-order valence-corrected chi connectivity index (χ1v) is 14.4. The van der Waals surface area contributed by atoms with Gasteiger partial charge in [-0.1, -0.05) is 41.4 Å². The van der Waals surface area contributed by atoms with Gasteiger partial charge in [0.2, 0.25) is 0 Å². The highest BCUT2D eigenvalue weighted by molar-refractivity contribution is 6.30. The number of carbonyl (C=O) groups is 1. The molecule has 1 atom stereocenters. The van der Waals surface area contributed by atoms with Crippen LogP contribution in [0.5, 0.6) is 5.75 Å². The van der Waals surface area contributed by atoms with Crippen LogP contribution in [0.4, 0.5) is 0 Å². The lowest BCUT2D eigenvalue weighted by molar-refractivity contribution is 0.0518. The number of aromatic nitrogens is 3. The average Bonchev–Trinajstić information content (AvgIpc) is 3.34. The summed E-state index contributed by atoms with van der Waals surface area (Å²) in [5.74, 6) is 0.376. The molecule has 0 amide bonds. The second-order valence-corrected chi connectivity index (χ2v) is 10.9. The summed E-state index contributed by atoms with van der Waals surface area (Å²) in [4.78, 5) is 31.1. The van der Waals surface area contributed by atoms with Gasteiger partial charge < -0.3 is 18.6 Å². The van der Waals surface area contributed by atoms with Crippen molar-refractivity contribution in [2.45, 2.75) is 59.5 Å². The number of halogens is 2. The Hall–Kier alpha value is -3.55. The van der Waals surface area contributed by atoms with Gasteiger partial charge in [0.05, 0.1) is 25.0 Å². The van der Waals surface area contributed by atoms with E-state index in [-0.39, 0.29) is 34.8 Å². The second-order valence-electron chi connectivity index (χ2n) is 10.1. The monoisotopic (exact) mass is 595 g/mol. The minimum Gasteiger partial charge on any atom is -0.496 e. The Balaban J connectivity index is 2.08. The maximum atomic E-state index is 13.5. The fourth-order valence-electron chi connectivity index (χ4n) is 5.29. The Morgan fingerprint density at radius 2 is 1.80 bits per heavy atom. The van der Waals surface area contributed by atoms with Crippen LogP contribution in [0.15, 0.2) is 59.5 Å². The number of hydrogen-bond donors (Lipinski definition) is 0. The Morgan fingerprint density at radius 3 is 2.44 bits per heavy atom. The van der Waals surface area contributed by atoms with Crippen molar-refractivity contribution in [2.75, 3.05) is 13.7 Å². The molecule has 1 unspecified atom stereocenters. The summed E-state index contributed by atoms with van der Waals surface area (Å²) in [5.41, 5.74) is 4.23. The van der Waals surface area contributed by atoms with Crippen molar-refractivity contribution in [1.29, 1.82) is 0 Å². The van der Waals surface area contributed by atoms with Crippen LogP contribution < -0.4 is 10.3 Å². The Kier molecular flexibility index (Phi) is 9.61. The third-order valence-corrected chi connectivity index (χ3v) is 7.60. The van der Waals surface area contributed by atoms with Gasteiger partial charge in [-0.2, -0.15) is 0 Å². The minimum absolute atomic E-state index is 0.0797. The van der Waals surface area contributed by atoms with Crippen molar-refractivity contribution in [3.63, 3.8) is 0 Å². The number of imidazole rings is 1. The van der Waals surface area contributed by atoms with Gasteiger partial charge in [0.25, 0.3) is 5.56 Å². The van der Waals surface area contributed by atoms with E-state index in [1.807, 2.05) is 62.5 Å². The molecule has 216 valence electrons. The van der Waals surface area contributed by atoms with E-state index in [1.165, 1.54) is 0 Å². The van der Waals surface area contributed by atoms with E-state index in [9.17, 15) is 9.59 Å². The molecule has 7 nitrogen and oxygen atoms in total. The van der Waals surface area contributed by atoms with E-state index in [2.05, 4.69) is 18.4 Å². The lowest BCUT2D eigenvalue weighted by Gasteiger charge is -2.26. The van der Waals surface area contributed by atoms with Crippen molar-refractivity contribution >= 4 is 29.2 Å². The summed E-state index contributed by atoms with van der Waals surface area (Å²) in [7, 11) is 1.61. The normalized spacial score (nSPS) is 12.0. The number of aryl methyl sites for hydroxylation is 2. The van der Waals surface area contributed by atoms with Gasteiger partial charge in [0.1, 0.15) is 16.6 Å². The number of nitrogens with zero attached hydrogens (tertiary/aromatic N) is 3. The Morgan fingerprint density at radius 1 is 1.07 bits per heavy atom. The number of carbonyl (C=O) groups excluding carboxylic acids is 1. The molecule has 0 aliphatic rings. The number of hydrogen-bond acceptors (Lipinski definition) is 5. The molecule has 41 heavy (non-hydrogen) atoms. The number of benzene rings is 2. The average molecular weight is 597 g/mol. The fourth-order valence-corrected chi connectivity index (χ4v) is 5.77. The zero-order valence-corrected chi connectivity index (χ0v) is 25.7. The predicted octanol–water partition coefficient (Wildman–Crippen LogP) is 7.49. The molecule has 0 N–H and O–H groups in total. The Labute approximate surface area is 250 Å². The number of para-hydroxylation sites is 1. The van der Waals surface area contributed by atoms with Gasteiger partial charge in [-0.15, -0.1) is 0 Å². The van der Waals surface area contributed by atoms with Crippen LogP contribution in [-0.4, -0.2) is 33.8 Å². The second kappa shape index (κ2) is 13.0. The number of methoxy groups -OCH3 is 1. The highest BCUT2D eigenvalue weighted by Crippen LogP contribution is 2.40. The largest absolute Gasteiger partial charge is 0.496 e. The van der Waals surface area contributed by atoms with Gasteiger partial charge in [-0.05, 0) is 88.1 Å². The SMILES string of the molecule is CCOC(=O)c1nc(-c2ccccc2OC)n(C(C)C)c1C(Cc1cc(Cl)c(=O)n(CC)c1)c1ccc(Cl)cc1C. The molecule has 9 heteroatoms. The Bertz CT molecular complexity index is 1620. The third kappa shape index (κ3) is 6.21. The summed E-state index contributed by atoms with van der Waals surface area (Å²) in [6.45, 7) is 10.5. The zero-order valence-electron chi connectivity index (χ0n) is 24.2.